The lowest BCUT2D eigenvalue weighted by Crippen LogP contribution is -2.37. The third-order valence-corrected chi connectivity index (χ3v) is 3.97. The van der Waals surface area contributed by atoms with E-state index in [0.717, 1.165) is 30.2 Å². The van der Waals surface area contributed by atoms with Crippen molar-refractivity contribution in [2.24, 2.45) is 11.8 Å². The lowest BCUT2D eigenvalue weighted by molar-refractivity contribution is -0.121. The molecule has 1 unspecified atom stereocenters. The molecule has 122 valence electrons. The predicted molar refractivity (Wildman–Crippen MR) is 88.9 cm³/mol. The van der Waals surface area contributed by atoms with E-state index in [-0.39, 0.29) is 11.9 Å². The SMILES string of the molecule is COc1ccccc1C(CC(C)C)NC(=O)CNCC1CC1. The standard InChI is InChI=1S/C18H28N2O2/c1-13(2)10-16(15-6-4-5-7-17(15)22-3)20-18(21)12-19-11-14-8-9-14/h4-7,13-14,16,19H,8-12H2,1-3H3,(H,20,21). The van der Waals surface area contributed by atoms with Gasteiger partial charge in [0.05, 0.1) is 19.7 Å². The van der Waals surface area contributed by atoms with E-state index in [2.05, 4.69) is 24.5 Å². The zero-order valence-corrected chi connectivity index (χ0v) is 13.9. The van der Waals surface area contributed by atoms with Crippen LogP contribution in [0.4, 0.5) is 0 Å². The van der Waals surface area contributed by atoms with Crippen LogP contribution in [0.5, 0.6) is 5.75 Å². The van der Waals surface area contributed by atoms with Gasteiger partial charge in [-0.05, 0) is 43.7 Å². The molecule has 1 fully saturated rings. The van der Waals surface area contributed by atoms with Gasteiger partial charge in [0.2, 0.25) is 5.91 Å². The lowest BCUT2D eigenvalue weighted by atomic mass is 9.96. The first-order valence-corrected chi connectivity index (χ1v) is 8.23. The van der Waals surface area contributed by atoms with E-state index >= 15 is 0 Å². The zero-order valence-electron chi connectivity index (χ0n) is 13.9. The van der Waals surface area contributed by atoms with Gasteiger partial charge in [0, 0.05) is 5.56 Å². The molecule has 0 spiro atoms. The van der Waals surface area contributed by atoms with E-state index in [4.69, 9.17) is 4.74 Å². The van der Waals surface area contributed by atoms with Gasteiger partial charge < -0.3 is 15.4 Å². The number of methoxy groups -OCH3 is 1. The van der Waals surface area contributed by atoms with Crippen molar-refractivity contribution in [3.63, 3.8) is 0 Å². The number of hydrogen-bond acceptors (Lipinski definition) is 3. The van der Waals surface area contributed by atoms with Crippen LogP contribution in [0, 0.1) is 11.8 Å². The predicted octanol–water partition coefficient (Wildman–Crippen LogP) is 2.90. The Morgan fingerprint density at radius 3 is 2.68 bits per heavy atom. The lowest BCUT2D eigenvalue weighted by Gasteiger charge is -2.23. The molecule has 22 heavy (non-hydrogen) atoms. The molecule has 0 radical (unpaired) electrons. The summed E-state index contributed by atoms with van der Waals surface area (Å²) < 4.78 is 5.44. The summed E-state index contributed by atoms with van der Waals surface area (Å²) in [5, 5.41) is 6.39. The molecule has 1 aliphatic carbocycles. The van der Waals surface area contributed by atoms with Gasteiger partial charge in [-0.25, -0.2) is 0 Å². The fourth-order valence-electron chi connectivity index (χ4n) is 2.65. The third kappa shape index (κ3) is 5.34. The van der Waals surface area contributed by atoms with Gasteiger partial charge in [0.1, 0.15) is 5.75 Å². The average molecular weight is 304 g/mol. The van der Waals surface area contributed by atoms with Crippen molar-refractivity contribution in [2.75, 3.05) is 20.2 Å². The zero-order chi connectivity index (χ0) is 15.9. The molecule has 2 N–H and O–H groups in total. The Morgan fingerprint density at radius 2 is 2.05 bits per heavy atom. The molecular formula is C18H28N2O2. The van der Waals surface area contributed by atoms with E-state index in [0.29, 0.717) is 12.5 Å². The summed E-state index contributed by atoms with van der Waals surface area (Å²) in [5.74, 6) is 2.17. The highest BCUT2D eigenvalue weighted by Crippen LogP contribution is 2.29. The maximum atomic E-state index is 12.2. The smallest absolute Gasteiger partial charge is 0.234 e. The van der Waals surface area contributed by atoms with Gasteiger partial charge in [-0.2, -0.15) is 0 Å². The topological polar surface area (TPSA) is 50.4 Å². The molecule has 1 aromatic rings. The number of hydrogen-bond donors (Lipinski definition) is 2. The first-order chi connectivity index (χ1) is 10.6. The van der Waals surface area contributed by atoms with Crippen molar-refractivity contribution < 1.29 is 9.53 Å². The van der Waals surface area contributed by atoms with Crippen LogP contribution >= 0.6 is 0 Å². The number of amides is 1. The second-order valence-electron chi connectivity index (χ2n) is 6.57. The Kier molecular flexibility index (Phi) is 6.25. The second-order valence-corrected chi connectivity index (χ2v) is 6.57. The van der Waals surface area contributed by atoms with Gasteiger partial charge in [-0.3, -0.25) is 4.79 Å². The number of rotatable bonds is 9. The Bertz CT molecular complexity index is 484. The summed E-state index contributed by atoms with van der Waals surface area (Å²) in [6.45, 7) is 5.68. The molecule has 0 heterocycles. The van der Waals surface area contributed by atoms with Crippen molar-refractivity contribution in [1.82, 2.24) is 10.6 Å². The monoisotopic (exact) mass is 304 g/mol. The van der Waals surface area contributed by atoms with Crippen LogP contribution in [0.1, 0.15) is 44.7 Å². The fourth-order valence-corrected chi connectivity index (χ4v) is 2.65. The summed E-state index contributed by atoms with van der Waals surface area (Å²) in [7, 11) is 1.67. The third-order valence-electron chi connectivity index (χ3n) is 3.97. The van der Waals surface area contributed by atoms with E-state index in [1.807, 2.05) is 24.3 Å². The van der Waals surface area contributed by atoms with Crippen molar-refractivity contribution >= 4 is 5.91 Å². The van der Waals surface area contributed by atoms with Gasteiger partial charge in [-0.1, -0.05) is 32.0 Å². The van der Waals surface area contributed by atoms with Crippen LogP contribution < -0.4 is 15.4 Å². The molecule has 0 saturated heterocycles. The molecule has 4 nitrogen and oxygen atoms in total. The Labute approximate surface area is 133 Å². The minimum Gasteiger partial charge on any atom is -0.496 e. The molecule has 0 bridgehead atoms. The molecule has 1 atom stereocenters. The molecule has 0 aromatic heterocycles. The quantitative estimate of drug-likeness (QED) is 0.737. The highest BCUT2D eigenvalue weighted by molar-refractivity contribution is 5.78. The number of carbonyl (C=O) groups is 1. The summed E-state index contributed by atoms with van der Waals surface area (Å²) in [5.41, 5.74) is 1.05. The molecule has 4 heteroatoms. The first kappa shape index (κ1) is 16.8. The van der Waals surface area contributed by atoms with Crippen LogP contribution in [-0.2, 0) is 4.79 Å². The van der Waals surface area contributed by atoms with Crippen LogP contribution in [0.15, 0.2) is 24.3 Å². The molecule has 1 aromatic carbocycles. The van der Waals surface area contributed by atoms with Gasteiger partial charge >= 0.3 is 0 Å². The molecule has 2 rings (SSSR count). The summed E-state index contributed by atoms with van der Waals surface area (Å²) in [6, 6.07) is 7.91. The number of ether oxygens (including phenoxy) is 1. The van der Waals surface area contributed by atoms with Gasteiger partial charge in [-0.15, -0.1) is 0 Å². The van der Waals surface area contributed by atoms with Gasteiger partial charge in [0.15, 0.2) is 0 Å². The second kappa shape index (κ2) is 8.18. The van der Waals surface area contributed by atoms with Gasteiger partial charge in [0.25, 0.3) is 0 Å². The number of benzene rings is 1. The van der Waals surface area contributed by atoms with Crippen LogP contribution in [0.2, 0.25) is 0 Å². The number of para-hydroxylation sites is 1. The van der Waals surface area contributed by atoms with Crippen molar-refractivity contribution in [2.45, 2.75) is 39.2 Å². The summed E-state index contributed by atoms with van der Waals surface area (Å²) in [6.07, 6.45) is 3.49. The molecular weight excluding hydrogens is 276 g/mol. The van der Waals surface area contributed by atoms with Crippen LogP contribution in [-0.4, -0.2) is 26.1 Å². The number of nitrogens with one attached hydrogen (secondary N) is 2. The summed E-state index contributed by atoms with van der Waals surface area (Å²) >= 11 is 0. The maximum Gasteiger partial charge on any atom is 0.234 e. The van der Waals surface area contributed by atoms with Crippen molar-refractivity contribution in [3.8, 4) is 5.75 Å². The van der Waals surface area contributed by atoms with Crippen molar-refractivity contribution in [3.05, 3.63) is 29.8 Å². The van der Waals surface area contributed by atoms with Crippen LogP contribution in [0.25, 0.3) is 0 Å². The highest BCUT2D eigenvalue weighted by Gasteiger charge is 2.22. The first-order valence-electron chi connectivity index (χ1n) is 8.23. The Morgan fingerprint density at radius 1 is 1.32 bits per heavy atom. The average Bonchev–Trinajstić information content (AvgIpc) is 3.30. The summed E-state index contributed by atoms with van der Waals surface area (Å²) in [4.78, 5) is 12.2. The Hall–Kier alpha value is -1.55. The molecule has 1 aliphatic rings. The fraction of sp³-hybridized carbons (Fsp3) is 0.611. The molecule has 1 amide bonds. The maximum absolute atomic E-state index is 12.2. The normalized spacial score (nSPS) is 15.6. The minimum absolute atomic E-state index is 0.00799. The number of carbonyl (C=O) groups excluding carboxylic acids is 1. The van der Waals surface area contributed by atoms with Crippen LogP contribution in [0.3, 0.4) is 0 Å². The van der Waals surface area contributed by atoms with E-state index in [9.17, 15) is 4.79 Å². The van der Waals surface area contributed by atoms with E-state index in [1.54, 1.807) is 7.11 Å². The largest absolute Gasteiger partial charge is 0.496 e. The Balaban J connectivity index is 1.96. The molecule has 0 aliphatic heterocycles. The van der Waals surface area contributed by atoms with E-state index < -0.39 is 0 Å². The van der Waals surface area contributed by atoms with E-state index in [1.165, 1.54) is 12.8 Å². The molecule has 1 saturated carbocycles. The minimum atomic E-state index is -0.00799. The van der Waals surface area contributed by atoms with Crippen molar-refractivity contribution in [1.29, 1.82) is 0 Å². The highest BCUT2D eigenvalue weighted by atomic mass is 16.5.